The monoisotopic (exact) mass is 332 g/mol. The maximum Gasteiger partial charge on any atom is 0.343 e. The number of hydrazine groups is 1. The van der Waals surface area contributed by atoms with E-state index >= 15 is 0 Å². The van der Waals surface area contributed by atoms with Crippen LogP contribution in [0.15, 0.2) is 34.9 Å². The molecule has 0 atom stereocenters. The zero-order chi connectivity index (χ0) is 17.1. The van der Waals surface area contributed by atoms with Gasteiger partial charge in [0, 0.05) is 18.4 Å². The number of amides is 4. The van der Waals surface area contributed by atoms with Crippen LogP contribution in [0.5, 0.6) is 0 Å². The SMILES string of the molecule is O=C1CN(NC(=O)CCc2ncc(-c3ccc(F)cc3)o2)C(=O)N1. The van der Waals surface area contributed by atoms with Crippen molar-refractivity contribution in [2.24, 2.45) is 0 Å². The standard InChI is InChI=1S/C15H13FN4O4/c16-10-3-1-9(2-4-10)11-7-17-14(24-11)6-5-12(21)19-20-8-13(22)18-15(20)23/h1-4,7H,5-6,8H2,(H,19,21)(H,18,22,23). The van der Waals surface area contributed by atoms with Crippen molar-refractivity contribution in [3.63, 3.8) is 0 Å². The Morgan fingerprint density at radius 3 is 2.75 bits per heavy atom. The zero-order valence-electron chi connectivity index (χ0n) is 12.4. The highest BCUT2D eigenvalue weighted by Crippen LogP contribution is 2.21. The van der Waals surface area contributed by atoms with Crippen molar-refractivity contribution >= 4 is 17.8 Å². The molecule has 1 fully saturated rings. The minimum absolute atomic E-state index is 0.0291. The number of imide groups is 1. The fraction of sp³-hybridized carbons (Fsp3) is 0.200. The van der Waals surface area contributed by atoms with Gasteiger partial charge in [-0.1, -0.05) is 0 Å². The molecule has 1 aromatic carbocycles. The van der Waals surface area contributed by atoms with Crippen LogP contribution in [0.25, 0.3) is 11.3 Å². The highest BCUT2D eigenvalue weighted by molar-refractivity contribution is 6.02. The quantitative estimate of drug-likeness (QED) is 0.795. The Balaban J connectivity index is 1.53. The van der Waals surface area contributed by atoms with Gasteiger partial charge < -0.3 is 4.42 Å². The Labute approximate surface area is 135 Å². The van der Waals surface area contributed by atoms with Gasteiger partial charge in [-0.25, -0.2) is 19.2 Å². The molecule has 1 saturated heterocycles. The van der Waals surface area contributed by atoms with Gasteiger partial charge in [-0.15, -0.1) is 0 Å². The fourth-order valence-corrected chi connectivity index (χ4v) is 2.13. The Bertz CT molecular complexity index is 787. The Hall–Kier alpha value is -3.23. The van der Waals surface area contributed by atoms with Gasteiger partial charge in [0.25, 0.3) is 0 Å². The molecule has 9 heteroatoms. The zero-order valence-corrected chi connectivity index (χ0v) is 12.4. The topological polar surface area (TPSA) is 105 Å². The number of hydrogen-bond acceptors (Lipinski definition) is 5. The summed E-state index contributed by atoms with van der Waals surface area (Å²) in [6, 6.07) is 5.09. The third-order valence-electron chi connectivity index (χ3n) is 3.30. The molecular formula is C15H13FN4O4. The number of rotatable bonds is 5. The second-order valence-electron chi connectivity index (χ2n) is 5.10. The van der Waals surface area contributed by atoms with Crippen molar-refractivity contribution in [1.29, 1.82) is 0 Å². The number of hydrogen-bond donors (Lipinski definition) is 2. The first-order valence-electron chi connectivity index (χ1n) is 7.13. The summed E-state index contributed by atoms with van der Waals surface area (Å²) in [5.74, 6) is -0.459. The largest absolute Gasteiger partial charge is 0.441 e. The normalized spacial score (nSPS) is 14.0. The van der Waals surface area contributed by atoms with Gasteiger partial charge in [0.05, 0.1) is 6.20 Å². The Morgan fingerprint density at radius 2 is 2.08 bits per heavy atom. The molecule has 8 nitrogen and oxygen atoms in total. The Kier molecular flexibility index (Phi) is 4.23. The number of benzene rings is 1. The van der Waals surface area contributed by atoms with Crippen molar-refractivity contribution in [1.82, 2.24) is 20.7 Å². The lowest BCUT2D eigenvalue weighted by atomic mass is 10.2. The number of carbonyl (C=O) groups excluding carboxylic acids is 3. The van der Waals surface area contributed by atoms with Crippen molar-refractivity contribution in [3.05, 3.63) is 42.2 Å². The van der Waals surface area contributed by atoms with Gasteiger partial charge in [0.15, 0.2) is 11.7 Å². The summed E-state index contributed by atoms with van der Waals surface area (Å²) in [6.07, 6.45) is 1.74. The third kappa shape index (κ3) is 3.57. The van der Waals surface area contributed by atoms with E-state index in [9.17, 15) is 18.8 Å². The van der Waals surface area contributed by atoms with Crippen LogP contribution in [0, 0.1) is 5.82 Å². The molecule has 0 saturated carbocycles. The van der Waals surface area contributed by atoms with Crippen molar-refractivity contribution < 1.29 is 23.2 Å². The van der Waals surface area contributed by atoms with E-state index in [1.807, 2.05) is 5.32 Å². The van der Waals surface area contributed by atoms with Crippen LogP contribution in [0.3, 0.4) is 0 Å². The number of urea groups is 1. The molecule has 0 radical (unpaired) electrons. The van der Waals surface area contributed by atoms with E-state index in [2.05, 4.69) is 10.4 Å². The summed E-state index contributed by atoms with van der Waals surface area (Å²) in [5.41, 5.74) is 3.00. The molecular weight excluding hydrogens is 319 g/mol. The van der Waals surface area contributed by atoms with E-state index in [1.165, 1.54) is 18.3 Å². The first-order valence-corrected chi connectivity index (χ1v) is 7.13. The molecule has 24 heavy (non-hydrogen) atoms. The number of nitrogens with zero attached hydrogens (tertiary/aromatic N) is 2. The maximum absolute atomic E-state index is 12.9. The lowest BCUT2D eigenvalue weighted by Gasteiger charge is -2.13. The predicted molar refractivity (Wildman–Crippen MR) is 78.6 cm³/mol. The van der Waals surface area contributed by atoms with E-state index in [1.54, 1.807) is 12.1 Å². The summed E-state index contributed by atoms with van der Waals surface area (Å²) in [4.78, 5) is 38.2. The second-order valence-corrected chi connectivity index (χ2v) is 5.10. The summed E-state index contributed by atoms with van der Waals surface area (Å²) in [5, 5.41) is 2.95. The number of oxazole rings is 1. The summed E-state index contributed by atoms with van der Waals surface area (Å²) in [6.45, 7) is -0.210. The van der Waals surface area contributed by atoms with Crippen molar-refractivity contribution in [3.8, 4) is 11.3 Å². The first-order chi connectivity index (χ1) is 11.5. The van der Waals surface area contributed by atoms with E-state index in [0.29, 0.717) is 17.2 Å². The summed E-state index contributed by atoms with van der Waals surface area (Å²) in [7, 11) is 0. The average Bonchev–Trinajstić information content (AvgIpc) is 3.13. The highest BCUT2D eigenvalue weighted by Gasteiger charge is 2.28. The van der Waals surface area contributed by atoms with Gasteiger partial charge in [0.1, 0.15) is 12.4 Å². The molecule has 0 bridgehead atoms. The highest BCUT2D eigenvalue weighted by atomic mass is 19.1. The van der Waals surface area contributed by atoms with E-state index in [4.69, 9.17) is 4.42 Å². The maximum atomic E-state index is 12.9. The van der Waals surface area contributed by atoms with Crippen LogP contribution in [-0.2, 0) is 16.0 Å². The van der Waals surface area contributed by atoms with Gasteiger partial charge in [-0.05, 0) is 24.3 Å². The van der Waals surface area contributed by atoms with Gasteiger partial charge in [-0.3, -0.25) is 20.3 Å². The van der Waals surface area contributed by atoms with Gasteiger partial charge in [-0.2, -0.15) is 0 Å². The van der Waals surface area contributed by atoms with Crippen LogP contribution in [0.1, 0.15) is 12.3 Å². The van der Waals surface area contributed by atoms with Crippen LogP contribution in [0.4, 0.5) is 9.18 Å². The fourth-order valence-electron chi connectivity index (χ4n) is 2.13. The minimum Gasteiger partial charge on any atom is -0.441 e. The molecule has 2 heterocycles. The minimum atomic E-state index is -0.664. The van der Waals surface area contributed by atoms with Crippen LogP contribution < -0.4 is 10.7 Å². The van der Waals surface area contributed by atoms with Gasteiger partial charge in [0.2, 0.25) is 11.8 Å². The Morgan fingerprint density at radius 1 is 1.33 bits per heavy atom. The molecule has 0 aliphatic carbocycles. The lowest BCUT2D eigenvalue weighted by Crippen LogP contribution is -2.44. The third-order valence-corrected chi connectivity index (χ3v) is 3.30. The molecule has 1 aliphatic rings. The molecule has 124 valence electrons. The van der Waals surface area contributed by atoms with Crippen molar-refractivity contribution in [2.45, 2.75) is 12.8 Å². The molecule has 0 unspecified atom stereocenters. The number of halogens is 1. The smallest absolute Gasteiger partial charge is 0.343 e. The van der Waals surface area contributed by atoms with Gasteiger partial charge >= 0.3 is 6.03 Å². The van der Waals surface area contributed by atoms with E-state index < -0.39 is 17.8 Å². The number of aryl methyl sites for hydroxylation is 1. The average molecular weight is 332 g/mol. The molecule has 2 N–H and O–H groups in total. The molecule has 3 rings (SSSR count). The molecule has 1 aromatic heterocycles. The van der Waals surface area contributed by atoms with Crippen LogP contribution in [-0.4, -0.2) is 34.4 Å². The molecule has 2 aromatic rings. The predicted octanol–water partition coefficient (Wildman–Crippen LogP) is 0.996. The summed E-state index contributed by atoms with van der Waals surface area (Å²) >= 11 is 0. The number of nitrogens with one attached hydrogen (secondary N) is 2. The van der Waals surface area contributed by atoms with E-state index in [0.717, 1.165) is 5.01 Å². The van der Waals surface area contributed by atoms with Crippen LogP contribution >= 0.6 is 0 Å². The molecule has 4 amide bonds. The lowest BCUT2D eigenvalue weighted by molar-refractivity contribution is -0.125. The molecule has 1 aliphatic heterocycles. The summed E-state index contributed by atoms with van der Waals surface area (Å²) < 4.78 is 18.4. The number of carbonyl (C=O) groups is 3. The second kappa shape index (κ2) is 6.49. The first kappa shape index (κ1) is 15.7. The van der Waals surface area contributed by atoms with Crippen molar-refractivity contribution in [2.75, 3.05) is 6.54 Å². The van der Waals surface area contributed by atoms with E-state index in [-0.39, 0.29) is 25.2 Å². The number of aromatic nitrogens is 1. The van der Waals surface area contributed by atoms with Crippen LogP contribution in [0.2, 0.25) is 0 Å². The molecule has 0 spiro atoms.